The average Bonchev–Trinajstić information content (AvgIpc) is 3.03. The van der Waals surface area contributed by atoms with Crippen LogP contribution < -0.4 is 9.64 Å². The number of carbonyl (C=O) groups is 3. The highest BCUT2D eigenvalue weighted by Gasteiger charge is 2.44. The number of anilines is 1. The molecule has 2 aliphatic rings. The molecule has 8 nitrogen and oxygen atoms in total. The molecule has 4 amide bonds. The van der Waals surface area contributed by atoms with Crippen molar-refractivity contribution < 1.29 is 23.5 Å². The number of benzene rings is 2. The summed E-state index contributed by atoms with van der Waals surface area (Å²) >= 11 is 0. The molecule has 9 heteroatoms. The first kappa shape index (κ1) is 23.7. The van der Waals surface area contributed by atoms with Crippen molar-refractivity contribution in [3.05, 3.63) is 59.4 Å². The minimum absolute atomic E-state index is 0.209. The second kappa shape index (κ2) is 9.80. The molecule has 180 valence electrons. The lowest BCUT2D eigenvalue weighted by Crippen LogP contribution is -2.51. The van der Waals surface area contributed by atoms with Crippen LogP contribution in [-0.2, 0) is 16.1 Å². The largest absolute Gasteiger partial charge is 0.494 e. The van der Waals surface area contributed by atoms with E-state index in [0.29, 0.717) is 38.4 Å². The van der Waals surface area contributed by atoms with Crippen LogP contribution in [0.4, 0.5) is 14.9 Å². The first-order valence-corrected chi connectivity index (χ1v) is 11.3. The highest BCUT2D eigenvalue weighted by atomic mass is 19.1. The van der Waals surface area contributed by atoms with Gasteiger partial charge in [0.2, 0.25) is 5.91 Å². The molecule has 2 heterocycles. The van der Waals surface area contributed by atoms with Gasteiger partial charge < -0.3 is 9.64 Å². The van der Waals surface area contributed by atoms with Crippen LogP contribution in [0.25, 0.3) is 0 Å². The SMILES string of the molecule is COc1ccc(CN2CCN(C(=O)CN3C(=O)[C@@H](C)N(c4ccc(C)cc4)C3=O)CC2)cc1F. The zero-order valence-electron chi connectivity index (χ0n) is 19.7. The second-order valence-corrected chi connectivity index (χ2v) is 8.71. The number of amides is 4. The first-order chi connectivity index (χ1) is 16.3. The van der Waals surface area contributed by atoms with Gasteiger partial charge in [0.25, 0.3) is 5.91 Å². The number of hydrogen-bond acceptors (Lipinski definition) is 5. The Balaban J connectivity index is 1.33. The van der Waals surface area contributed by atoms with E-state index in [1.54, 1.807) is 30.0 Å². The van der Waals surface area contributed by atoms with E-state index in [-0.39, 0.29) is 24.1 Å². The van der Waals surface area contributed by atoms with Crippen molar-refractivity contribution in [2.24, 2.45) is 0 Å². The quantitative estimate of drug-likeness (QED) is 0.610. The fourth-order valence-corrected chi connectivity index (χ4v) is 4.37. The summed E-state index contributed by atoms with van der Waals surface area (Å²) in [4.78, 5) is 44.9. The van der Waals surface area contributed by atoms with Gasteiger partial charge in [0.1, 0.15) is 12.6 Å². The third-order valence-electron chi connectivity index (χ3n) is 6.40. The average molecular weight is 469 g/mol. The smallest absolute Gasteiger partial charge is 0.332 e. The van der Waals surface area contributed by atoms with E-state index in [4.69, 9.17) is 4.74 Å². The molecule has 2 aromatic rings. The molecule has 2 fully saturated rings. The Labute approximate surface area is 198 Å². The summed E-state index contributed by atoms with van der Waals surface area (Å²) in [6, 6.07) is 11.1. The van der Waals surface area contributed by atoms with Gasteiger partial charge in [-0.3, -0.25) is 24.3 Å². The summed E-state index contributed by atoms with van der Waals surface area (Å²) in [7, 11) is 1.43. The van der Waals surface area contributed by atoms with E-state index in [1.807, 2.05) is 25.1 Å². The Morgan fingerprint density at radius 2 is 1.74 bits per heavy atom. The number of ether oxygens (including phenoxy) is 1. The Bertz CT molecular complexity index is 1080. The zero-order valence-corrected chi connectivity index (χ0v) is 19.7. The number of imide groups is 1. The standard InChI is InChI=1S/C25H29FN4O4/c1-17-4-7-20(8-5-17)30-18(2)24(32)29(25(30)33)16-23(31)28-12-10-27(11-13-28)15-19-6-9-22(34-3)21(26)14-19/h4-9,14,18H,10-13,15-16H2,1-3H3/t18-/m1/s1. The maximum absolute atomic E-state index is 14.0. The molecule has 0 N–H and O–H groups in total. The van der Waals surface area contributed by atoms with Gasteiger partial charge in [-0.2, -0.15) is 0 Å². The molecule has 1 atom stereocenters. The van der Waals surface area contributed by atoms with Crippen molar-refractivity contribution in [1.29, 1.82) is 0 Å². The molecule has 4 rings (SSSR count). The molecule has 2 aliphatic heterocycles. The molecular weight excluding hydrogens is 439 g/mol. The lowest BCUT2D eigenvalue weighted by Gasteiger charge is -2.35. The van der Waals surface area contributed by atoms with Crippen LogP contribution in [-0.4, -0.2) is 78.4 Å². The summed E-state index contributed by atoms with van der Waals surface area (Å²) in [5.41, 5.74) is 2.52. The third kappa shape index (κ3) is 4.75. The summed E-state index contributed by atoms with van der Waals surface area (Å²) < 4.78 is 18.9. The maximum Gasteiger partial charge on any atom is 0.332 e. The number of hydrogen-bond donors (Lipinski definition) is 0. The van der Waals surface area contributed by atoms with Crippen molar-refractivity contribution in [2.75, 3.05) is 44.7 Å². The summed E-state index contributed by atoms with van der Waals surface area (Å²) in [6.45, 7) is 6.11. The summed E-state index contributed by atoms with van der Waals surface area (Å²) in [5.74, 6) is -0.822. The summed E-state index contributed by atoms with van der Waals surface area (Å²) in [5, 5.41) is 0. The normalized spacial score (nSPS) is 19.2. The monoisotopic (exact) mass is 468 g/mol. The number of carbonyl (C=O) groups excluding carboxylic acids is 3. The number of piperazine rings is 1. The molecule has 0 saturated carbocycles. The fraction of sp³-hybridized carbons (Fsp3) is 0.400. The van der Waals surface area contributed by atoms with Crippen LogP contribution >= 0.6 is 0 Å². The number of halogens is 1. The van der Waals surface area contributed by atoms with Crippen LogP contribution in [0.15, 0.2) is 42.5 Å². The van der Waals surface area contributed by atoms with Gasteiger partial charge in [0, 0.05) is 38.4 Å². The Morgan fingerprint density at radius 3 is 2.35 bits per heavy atom. The molecule has 2 saturated heterocycles. The van der Waals surface area contributed by atoms with Gasteiger partial charge in [0.05, 0.1) is 7.11 Å². The Hall–Kier alpha value is -3.46. The highest BCUT2D eigenvalue weighted by Crippen LogP contribution is 2.26. The molecule has 0 unspecified atom stereocenters. The van der Waals surface area contributed by atoms with E-state index in [1.165, 1.54) is 18.1 Å². The van der Waals surface area contributed by atoms with Gasteiger partial charge in [-0.15, -0.1) is 0 Å². The third-order valence-corrected chi connectivity index (χ3v) is 6.40. The van der Waals surface area contributed by atoms with E-state index < -0.39 is 17.9 Å². The highest BCUT2D eigenvalue weighted by molar-refractivity contribution is 6.15. The van der Waals surface area contributed by atoms with Crippen LogP contribution in [0.3, 0.4) is 0 Å². The summed E-state index contributed by atoms with van der Waals surface area (Å²) in [6.07, 6.45) is 0. The van der Waals surface area contributed by atoms with Crippen molar-refractivity contribution in [2.45, 2.75) is 26.4 Å². The van der Waals surface area contributed by atoms with Gasteiger partial charge in [-0.05, 0) is 43.7 Å². The number of rotatable bonds is 6. The Morgan fingerprint density at radius 1 is 1.06 bits per heavy atom. The molecule has 0 aliphatic carbocycles. The van der Waals surface area contributed by atoms with Crippen LogP contribution in [0.1, 0.15) is 18.1 Å². The minimum atomic E-state index is -0.662. The number of aryl methyl sites for hydroxylation is 1. The predicted molar refractivity (Wildman–Crippen MR) is 125 cm³/mol. The molecule has 0 bridgehead atoms. The number of urea groups is 1. The molecule has 34 heavy (non-hydrogen) atoms. The first-order valence-electron chi connectivity index (χ1n) is 11.3. The van der Waals surface area contributed by atoms with E-state index >= 15 is 0 Å². The van der Waals surface area contributed by atoms with Crippen molar-refractivity contribution in [3.63, 3.8) is 0 Å². The fourth-order valence-electron chi connectivity index (χ4n) is 4.37. The number of methoxy groups -OCH3 is 1. The molecule has 0 radical (unpaired) electrons. The zero-order chi connectivity index (χ0) is 24.4. The predicted octanol–water partition coefficient (Wildman–Crippen LogP) is 2.64. The van der Waals surface area contributed by atoms with Gasteiger partial charge in [-0.25, -0.2) is 9.18 Å². The lowest BCUT2D eigenvalue weighted by atomic mass is 10.2. The topological polar surface area (TPSA) is 73.4 Å². The van der Waals surface area contributed by atoms with Gasteiger partial charge in [-0.1, -0.05) is 23.8 Å². The van der Waals surface area contributed by atoms with Crippen LogP contribution in [0.2, 0.25) is 0 Å². The van der Waals surface area contributed by atoms with Gasteiger partial charge in [0.15, 0.2) is 11.6 Å². The Kier molecular flexibility index (Phi) is 6.83. The maximum atomic E-state index is 14.0. The van der Waals surface area contributed by atoms with Crippen LogP contribution in [0, 0.1) is 12.7 Å². The molecule has 0 aromatic heterocycles. The second-order valence-electron chi connectivity index (χ2n) is 8.71. The number of nitrogens with zero attached hydrogens (tertiary/aromatic N) is 4. The van der Waals surface area contributed by atoms with E-state index in [0.717, 1.165) is 16.0 Å². The molecule has 2 aromatic carbocycles. The molecule has 0 spiro atoms. The lowest BCUT2D eigenvalue weighted by molar-refractivity contribution is -0.138. The van der Waals surface area contributed by atoms with E-state index in [2.05, 4.69) is 4.90 Å². The molecular formula is C25H29FN4O4. The van der Waals surface area contributed by atoms with Gasteiger partial charge >= 0.3 is 6.03 Å². The minimum Gasteiger partial charge on any atom is -0.494 e. The van der Waals surface area contributed by atoms with Crippen molar-refractivity contribution in [1.82, 2.24) is 14.7 Å². The van der Waals surface area contributed by atoms with Crippen molar-refractivity contribution in [3.8, 4) is 5.75 Å². The van der Waals surface area contributed by atoms with Crippen molar-refractivity contribution >= 4 is 23.5 Å². The van der Waals surface area contributed by atoms with Crippen LogP contribution in [0.5, 0.6) is 5.75 Å². The van der Waals surface area contributed by atoms with E-state index in [9.17, 15) is 18.8 Å².